The van der Waals surface area contributed by atoms with Crippen LogP contribution in [0.4, 0.5) is 0 Å². The standard InChI is InChI=1S/C22H21NO5/c1-16(20-8-5-13-26-20)23-21(24)15-28-22(25)18-9-11-19(12-10-18)27-14-17-6-3-2-4-7-17/h2-13,16H,14-15H2,1H3,(H,23,24)/t16-/m1/s1. The molecule has 0 bridgehead atoms. The maximum absolute atomic E-state index is 12.1. The van der Waals surface area contributed by atoms with Crippen molar-refractivity contribution in [2.45, 2.75) is 19.6 Å². The molecule has 1 heterocycles. The van der Waals surface area contributed by atoms with E-state index in [4.69, 9.17) is 13.9 Å². The van der Waals surface area contributed by atoms with Gasteiger partial charge in [0.2, 0.25) is 0 Å². The molecule has 28 heavy (non-hydrogen) atoms. The Balaban J connectivity index is 1.44. The first-order valence-electron chi connectivity index (χ1n) is 8.88. The zero-order valence-electron chi connectivity index (χ0n) is 15.5. The number of furan rings is 1. The second kappa shape index (κ2) is 9.41. The largest absolute Gasteiger partial charge is 0.489 e. The number of amides is 1. The molecule has 6 heteroatoms. The van der Waals surface area contributed by atoms with Crippen LogP contribution in [-0.2, 0) is 16.1 Å². The number of esters is 1. The molecule has 0 radical (unpaired) electrons. The highest BCUT2D eigenvalue weighted by Gasteiger charge is 2.14. The van der Waals surface area contributed by atoms with Crippen LogP contribution in [0.2, 0.25) is 0 Å². The molecule has 0 spiro atoms. The Morgan fingerprint density at radius 2 is 1.75 bits per heavy atom. The van der Waals surface area contributed by atoms with E-state index in [9.17, 15) is 9.59 Å². The minimum absolute atomic E-state index is 0.303. The van der Waals surface area contributed by atoms with Gasteiger partial charge < -0.3 is 19.2 Å². The van der Waals surface area contributed by atoms with Gasteiger partial charge in [0.05, 0.1) is 17.9 Å². The average Bonchev–Trinajstić information content (AvgIpc) is 3.27. The molecule has 0 aliphatic heterocycles. The molecule has 1 atom stereocenters. The summed E-state index contributed by atoms with van der Waals surface area (Å²) in [4.78, 5) is 24.0. The van der Waals surface area contributed by atoms with Crippen molar-refractivity contribution in [2.24, 2.45) is 0 Å². The van der Waals surface area contributed by atoms with Crippen molar-refractivity contribution in [3.05, 3.63) is 89.9 Å². The number of hydrogen-bond acceptors (Lipinski definition) is 5. The maximum Gasteiger partial charge on any atom is 0.338 e. The Kier molecular flexibility index (Phi) is 6.46. The van der Waals surface area contributed by atoms with Crippen LogP contribution in [-0.4, -0.2) is 18.5 Å². The fourth-order valence-electron chi connectivity index (χ4n) is 2.53. The van der Waals surface area contributed by atoms with E-state index >= 15 is 0 Å². The summed E-state index contributed by atoms with van der Waals surface area (Å²) in [5.74, 6) is 0.298. The molecule has 0 aliphatic rings. The molecule has 0 unspecified atom stereocenters. The number of rotatable bonds is 8. The molecule has 3 rings (SSSR count). The normalized spacial score (nSPS) is 11.5. The molecule has 1 amide bonds. The fourth-order valence-corrected chi connectivity index (χ4v) is 2.53. The van der Waals surface area contributed by atoms with Crippen molar-refractivity contribution in [3.8, 4) is 5.75 Å². The molecule has 3 aromatic rings. The van der Waals surface area contributed by atoms with Gasteiger partial charge in [-0.3, -0.25) is 4.79 Å². The lowest BCUT2D eigenvalue weighted by atomic mass is 10.2. The third-order valence-corrected chi connectivity index (χ3v) is 4.02. The Bertz CT molecular complexity index is 888. The minimum atomic E-state index is -0.574. The summed E-state index contributed by atoms with van der Waals surface area (Å²) in [5.41, 5.74) is 1.40. The number of benzene rings is 2. The van der Waals surface area contributed by atoms with Gasteiger partial charge in [-0.05, 0) is 48.9 Å². The monoisotopic (exact) mass is 379 g/mol. The van der Waals surface area contributed by atoms with E-state index in [1.807, 2.05) is 30.3 Å². The second-order valence-corrected chi connectivity index (χ2v) is 6.18. The van der Waals surface area contributed by atoms with Crippen LogP contribution in [0.3, 0.4) is 0 Å². The van der Waals surface area contributed by atoms with Crippen LogP contribution in [0.15, 0.2) is 77.4 Å². The van der Waals surface area contributed by atoms with E-state index < -0.39 is 11.9 Å². The summed E-state index contributed by atoms with van der Waals surface area (Å²) in [6.45, 7) is 1.86. The molecular weight excluding hydrogens is 358 g/mol. The van der Waals surface area contributed by atoms with Crippen LogP contribution in [0.1, 0.15) is 34.6 Å². The Morgan fingerprint density at radius 1 is 1.00 bits per heavy atom. The highest BCUT2D eigenvalue weighted by Crippen LogP contribution is 2.15. The third kappa shape index (κ3) is 5.48. The molecule has 0 saturated carbocycles. The Morgan fingerprint density at radius 3 is 2.43 bits per heavy atom. The molecule has 1 aromatic heterocycles. The number of carbonyl (C=O) groups is 2. The van der Waals surface area contributed by atoms with Gasteiger partial charge in [-0.15, -0.1) is 0 Å². The van der Waals surface area contributed by atoms with Crippen LogP contribution in [0.25, 0.3) is 0 Å². The highest BCUT2D eigenvalue weighted by atomic mass is 16.5. The van der Waals surface area contributed by atoms with Gasteiger partial charge in [-0.2, -0.15) is 0 Å². The van der Waals surface area contributed by atoms with Crippen LogP contribution in [0.5, 0.6) is 5.75 Å². The van der Waals surface area contributed by atoms with Crippen molar-refractivity contribution < 1.29 is 23.5 Å². The maximum atomic E-state index is 12.1. The van der Waals surface area contributed by atoms with E-state index in [1.54, 1.807) is 43.3 Å². The molecular formula is C22H21NO5. The topological polar surface area (TPSA) is 77.8 Å². The fraction of sp³-hybridized carbons (Fsp3) is 0.182. The Labute approximate surface area is 163 Å². The lowest BCUT2D eigenvalue weighted by molar-refractivity contribution is -0.125. The number of nitrogens with one attached hydrogen (secondary N) is 1. The van der Waals surface area contributed by atoms with E-state index in [0.29, 0.717) is 23.7 Å². The van der Waals surface area contributed by atoms with Gasteiger partial charge >= 0.3 is 5.97 Å². The quantitative estimate of drug-likeness (QED) is 0.601. The predicted molar refractivity (Wildman–Crippen MR) is 103 cm³/mol. The van der Waals surface area contributed by atoms with Crippen molar-refractivity contribution in [1.29, 1.82) is 0 Å². The summed E-state index contributed by atoms with van der Waals surface area (Å²) >= 11 is 0. The van der Waals surface area contributed by atoms with Crippen molar-refractivity contribution in [2.75, 3.05) is 6.61 Å². The van der Waals surface area contributed by atoms with Gasteiger partial charge in [0, 0.05) is 0 Å². The molecule has 144 valence electrons. The zero-order chi connectivity index (χ0) is 19.8. The van der Waals surface area contributed by atoms with Crippen LogP contribution < -0.4 is 10.1 Å². The molecule has 0 fully saturated rings. The second-order valence-electron chi connectivity index (χ2n) is 6.18. The minimum Gasteiger partial charge on any atom is -0.489 e. The molecule has 2 aromatic carbocycles. The van der Waals surface area contributed by atoms with E-state index in [-0.39, 0.29) is 12.6 Å². The first kappa shape index (κ1) is 19.2. The highest BCUT2D eigenvalue weighted by molar-refractivity contribution is 5.91. The summed E-state index contributed by atoms with van der Waals surface area (Å²) in [6.07, 6.45) is 1.53. The lowest BCUT2D eigenvalue weighted by Crippen LogP contribution is -2.30. The van der Waals surface area contributed by atoms with Crippen LogP contribution in [0, 0.1) is 0 Å². The van der Waals surface area contributed by atoms with Crippen molar-refractivity contribution in [3.63, 3.8) is 0 Å². The lowest BCUT2D eigenvalue weighted by Gasteiger charge is -2.11. The first-order valence-corrected chi connectivity index (χ1v) is 8.88. The SMILES string of the molecule is C[C@@H](NC(=O)COC(=O)c1ccc(OCc2ccccc2)cc1)c1ccco1. The van der Waals surface area contributed by atoms with Crippen molar-refractivity contribution >= 4 is 11.9 Å². The molecule has 6 nitrogen and oxygen atoms in total. The molecule has 1 N–H and O–H groups in total. The number of ether oxygens (including phenoxy) is 2. The molecule has 0 aliphatic carbocycles. The average molecular weight is 379 g/mol. The number of hydrogen-bond donors (Lipinski definition) is 1. The molecule has 0 saturated heterocycles. The van der Waals surface area contributed by atoms with E-state index in [1.165, 1.54) is 6.26 Å². The van der Waals surface area contributed by atoms with E-state index in [0.717, 1.165) is 5.56 Å². The van der Waals surface area contributed by atoms with Gasteiger partial charge in [0.1, 0.15) is 18.1 Å². The van der Waals surface area contributed by atoms with Gasteiger partial charge in [-0.25, -0.2) is 4.79 Å². The number of carbonyl (C=O) groups excluding carboxylic acids is 2. The van der Waals surface area contributed by atoms with Crippen molar-refractivity contribution in [1.82, 2.24) is 5.32 Å². The Hall–Kier alpha value is -3.54. The zero-order valence-corrected chi connectivity index (χ0v) is 15.5. The van der Waals surface area contributed by atoms with Gasteiger partial charge in [0.15, 0.2) is 6.61 Å². The summed E-state index contributed by atoms with van der Waals surface area (Å²) in [7, 11) is 0. The first-order chi connectivity index (χ1) is 13.6. The van der Waals surface area contributed by atoms with Gasteiger partial charge in [-0.1, -0.05) is 30.3 Å². The summed E-state index contributed by atoms with van der Waals surface area (Å²) in [5, 5.41) is 2.70. The smallest absolute Gasteiger partial charge is 0.338 e. The van der Waals surface area contributed by atoms with Gasteiger partial charge in [0.25, 0.3) is 5.91 Å². The summed E-state index contributed by atoms with van der Waals surface area (Å²) in [6, 6.07) is 19.6. The predicted octanol–water partition coefficient (Wildman–Crippen LogP) is 3.89. The van der Waals surface area contributed by atoms with Crippen LogP contribution >= 0.6 is 0 Å². The van der Waals surface area contributed by atoms with E-state index in [2.05, 4.69) is 5.32 Å². The summed E-state index contributed by atoms with van der Waals surface area (Å²) < 4.78 is 15.9. The third-order valence-electron chi connectivity index (χ3n) is 4.02.